The second-order valence-corrected chi connectivity index (χ2v) is 5.14. The molecule has 2 N–H and O–H groups in total. The topological polar surface area (TPSA) is 29.3 Å². The molecule has 0 bridgehead atoms. The van der Waals surface area contributed by atoms with E-state index < -0.39 is 0 Å². The molecule has 1 aliphatic rings. The summed E-state index contributed by atoms with van der Waals surface area (Å²) in [6.45, 7) is 7.05. The third-order valence-electron chi connectivity index (χ3n) is 2.99. The molecule has 1 aliphatic heterocycles. The summed E-state index contributed by atoms with van der Waals surface area (Å²) in [5.41, 5.74) is 8.26. The van der Waals surface area contributed by atoms with Crippen molar-refractivity contribution >= 4 is 17.3 Å². The second-order valence-electron chi connectivity index (χ2n) is 4.73. The van der Waals surface area contributed by atoms with Crippen molar-refractivity contribution in [2.75, 3.05) is 24.5 Å². The largest absolute Gasteiger partial charge is 0.369 e. The fraction of sp³-hybridized carbons (Fsp3) is 0.500. The quantitative estimate of drug-likeness (QED) is 0.836. The van der Waals surface area contributed by atoms with E-state index >= 15 is 0 Å². The molecule has 15 heavy (non-hydrogen) atoms. The van der Waals surface area contributed by atoms with Gasteiger partial charge in [-0.2, -0.15) is 0 Å². The Morgan fingerprint density at radius 2 is 2.20 bits per heavy atom. The number of rotatable bonds is 2. The summed E-state index contributed by atoms with van der Waals surface area (Å²) in [6, 6.07) is 6.10. The predicted molar refractivity (Wildman–Crippen MR) is 65.7 cm³/mol. The van der Waals surface area contributed by atoms with E-state index in [-0.39, 0.29) is 5.41 Å². The Hall–Kier alpha value is -0.730. The smallest absolute Gasteiger partial charge is 0.0464 e. The van der Waals surface area contributed by atoms with Gasteiger partial charge in [0.25, 0.3) is 0 Å². The van der Waals surface area contributed by atoms with Gasteiger partial charge in [-0.1, -0.05) is 31.5 Å². The van der Waals surface area contributed by atoms with Gasteiger partial charge < -0.3 is 10.6 Å². The lowest BCUT2D eigenvalue weighted by molar-refractivity contribution is 0.552. The van der Waals surface area contributed by atoms with Crippen LogP contribution in [0.25, 0.3) is 0 Å². The van der Waals surface area contributed by atoms with Crippen LogP contribution in [0.2, 0.25) is 5.02 Å². The Bertz CT molecular complexity index is 374. The Labute approximate surface area is 96.0 Å². The van der Waals surface area contributed by atoms with Crippen molar-refractivity contribution < 1.29 is 0 Å². The van der Waals surface area contributed by atoms with Crippen LogP contribution in [0.3, 0.4) is 0 Å². The van der Waals surface area contributed by atoms with Crippen molar-refractivity contribution in [2.24, 2.45) is 5.73 Å². The maximum atomic E-state index is 6.26. The monoisotopic (exact) mass is 224 g/mol. The first-order chi connectivity index (χ1) is 7.06. The summed E-state index contributed by atoms with van der Waals surface area (Å²) in [6.07, 6.45) is 0. The highest BCUT2D eigenvalue weighted by atomic mass is 35.5. The fourth-order valence-corrected chi connectivity index (χ4v) is 2.87. The van der Waals surface area contributed by atoms with Gasteiger partial charge in [0.2, 0.25) is 0 Å². The molecule has 82 valence electrons. The van der Waals surface area contributed by atoms with E-state index in [1.165, 1.54) is 11.3 Å². The highest BCUT2D eigenvalue weighted by molar-refractivity contribution is 6.32. The molecule has 0 aliphatic carbocycles. The van der Waals surface area contributed by atoms with Crippen LogP contribution in [-0.2, 0) is 5.41 Å². The van der Waals surface area contributed by atoms with Crippen LogP contribution in [0.4, 0.5) is 5.69 Å². The summed E-state index contributed by atoms with van der Waals surface area (Å²) in [4.78, 5) is 2.32. The van der Waals surface area contributed by atoms with E-state index in [4.69, 9.17) is 17.3 Å². The maximum absolute atomic E-state index is 6.26. The number of nitrogens with zero attached hydrogens (tertiary/aromatic N) is 1. The molecule has 0 fully saturated rings. The lowest BCUT2D eigenvalue weighted by Gasteiger charge is -2.21. The zero-order valence-corrected chi connectivity index (χ0v) is 10.0. The molecule has 1 aromatic carbocycles. The lowest BCUT2D eigenvalue weighted by atomic mass is 9.87. The van der Waals surface area contributed by atoms with Crippen LogP contribution in [0.15, 0.2) is 18.2 Å². The molecule has 0 amide bonds. The minimum atomic E-state index is 0.128. The highest BCUT2D eigenvalue weighted by Crippen LogP contribution is 2.43. The molecular weight excluding hydrogens is 208 g/mol. The normalized spacial score (nSPS) is 18.0. The van der Waals surface area contributed by atoms with E-state index in [1.54, 1.807) is 0 Å². The molecule has 0 atom stereocenters. The zero-order valence-electron chi connectivity index (χ0n) is 9.26. The number of halogens is 1. The van der Waals surface area contributed by atoms with Crippen molar-refractivity contribution in [3.63, 3.8) is 0 Å². The number of anilines is 1. The van der Waals surface area contributed by atoms with Gasteiger partial charge in [0.05, 0.1) is 0 Å². The number of hydrogen-bond donors (Lipinski definition) is 1. The second kappa shape index (κ2) is 3.69. The van der Waals surface area contributed by atoms with Gasteiger partial charge in [-0.15, -0.1) is 0 Å². The summed E-state index contributed by atoms with van der Waals surface area (Å²) in [5, 5.41) is 0.872. The minimum Gasteiger partial charge on any atom is -0.369 e. The van der Waals surface area contributed by atoms with Gasteiger partial charge in [0.1, 0.15) is 0 Å². The highest BCUT2D eigenvalue weighted by Gasteiger charge is 2.36. The van der Waals surface area contributed by atoms with E-state index in [0.29, 0.717) is 6.54 Å². The summed E-state index contributed by atoms with van der Waals surface area (Å²) in [7, 11) is 0. The first-order valence-electron chi connectivity index (χ1n) is 5.30. The third-order valence-corrected chi connectivity index (χ3v) is 3.31. The van der Waals surface area contributed by atoms with E-state index in [2.05, 4.69) is 24.8 Å². The van der Waals surface area contributed by atoms with Crippen LogP contribution in [-0.4, -0.2) is 19.6 Å². The molecule has 0 saturated heterocycles. The van der Waals surface area contributed by atoms with Crippen LogP contribution in [0, 0.1) is 0 Å². The van der Waals surface area contributed by atoms with Gasteiger partial charge in [-0.25, -0.2) is 0 Å². The Morgan fingerprint density at radius 1 is 1.47 bits per heavy atom. The van der Waals surface area contributed by atoms with Crippen molar-refractivity contribution in [3.8, 4) is 0 Å². The molecule has 0 spiro atoms. The zero-order chi connectivity index (χ0) is 11.1. The van der Waals surface area contributed by atoms with Crippen LogP contribution in [0.5, 0.6) is 0 Å². The van der Waals surface area contributed by atoms with E-state index in [9.17, 15) is 0 Å². The summed E-state index contributed by atoms with van der Waals surface area (Å²) in [5.74, 6) is 0. The van der Waals surface area contributed by atoms with Gasteiger partial charge in [-0.3, -0.25) is 0 Å². The van der Waals surface area contributed by atoms with E-state index in [1.807, 2.05) is 12.1 Å². The van der Waals surface area contributed by atoms with Gasteiger partial charge in [0.15, 0.2) is 0 Å². The van der Waals surface area contributed by atoms with Crippen molar-refractivity contribution in [2.45, 2.75) is 19.3 Å². The van der Waals surface area contributed by atoms with Crippen LogP contribution < -0.4 is 10.6 Å². The molecule has 2 rings (SSSR count). The minimum absolute atomic E-state index is 0.128. The van der Waals surface area contributed by atoms with Gasteiger partial charge in [-0.05, 0) is 12.1 Å². The lowest BCUT2D eigenvalue weighted by Crippen LogP contribution is -2.32. The first kappa shape index (κ1) is 10.8. The van der Waals surface area contributed by atoms with Crippen molar-refractivity contribution in [1.29, 1.82) is 0 Å². The average molecular weight is 225 g/mol. The molecule has 0 saturated carbocycles. The molecule has 1 aromatic rings. The predicted octanol–water partition coefficient (Wildman–Crippen LogP) is 2.40. The van der Waals surface area contributed by atoms with Crippen LogP contribution >= 0.6 is 11.6 Å². The van der Waals surface area contributed by atoms with Crippen molar-refractivity contribution in [1.82, 2.24) is 0 Å². The number of benzene rings is 1. The molecule has 0 aromatic heterocycles. The molecule has 3 heteroatoms. The van der Waals surface area contributed by atoms with Gasteiger partial charge in [0, 0.05) is 41.3 Å². The number of hydrogen-bond acceptors (Lipinski definition) is 2. The summed E-state index contributed by atoms with van der Waals surface area (Å²) < 4.78 is 0. The number of fused-ring (bicyclic) bond motifs is 1. The Morgan fingerprint density at radius 3 is 2.87 bits per heavy atom. The molecule has 2 nitrogen and oxygen atoms in total. The molecule has 1 heterocycles. The molecule has 0 unspecified atom stereocenters. The van der Waals surface area contributed by atoms with Crippen LogP contribution in [0.1, 0.15) is 19.4 Å². The van der Waals surface area contributed by atoms with Gasteiger partial charge >= 0.3 is 0 Å². The Kier molecular flexibility index (Phi) is 2.65. The first-order valence-corrected chi connectivity index (χ1v) is 5.68. The SMILES string of the molecule is CC1(C)CN(CCN)c2cccc(Cl)c21. The molecule has 0 radical (unpaired) electrons. The Balaban J connectivity index is 2.48. The average Bonchev–Trinajstić information content (AvgIpc) is 2.40. The fourth-order valence-electron chi connectivity index (χ4n) is 2.44. The maximum Gasteiger partial charge on any atom is 0.0464 e. The third kappa shape index (κ3) is 1.72. The molecular formula is C12H17ClN2. The van der Waals surface area contributed by atoms with E-state index in [0.717, 1.165) is 18.1 Å². The number of nitrogens with two attached hydrogens (primary N) is 1. The van der Waals surface area contributed by atoms with Crippen molar-refractivity contribution in [3.05, 3.63) is 28.8 Å². The standard InChI is InChI=1S/C12H17ClN2/c1-12(2)8-15(7-6-14)10-5-3-4-9(13)11(10)12/h3-5H,6-8,14H2,1-2H3. The summed E-state index contributed by atoms with van der Waals surface area (Å²) >= 11 is 6.26.